The van der Waals surface area contributed by atoms with Gasteiger partial charge in [-0.2, -0.15) is 5.10 Å². The van der Waals surface area contributed by atoms with Crippen molar-refractivity contribution in [2.24, 2.45) is 0 Å². The maximum absolute atomic E-state index is 13.1. The van der Waals surface area contributed by atoms with Gasteiger partial charge in [0.1, 0.15) is 12.4 Å². The van der Waals surface area contributed by atoms with Gasteiger partial charge in [-0.15, -0.1) is 11.8 Å². The molecule has 0 aliphatic heterocycles. The van der Waals surface area contributed by atoms with Crippen LogP contribution in [0.3, 0.4) is 0 Å². The van der Waals surface area contributed by atoms with E-state index in [4.69, 9.17) is 5.10 Å². The van der Waals surface area contributed by atoms with E-state index in [0.29, 0.717) is 5.82 Å². The zero-order valence-electron chi connectivity index (χ0n) is 21.8. The minimum absolute atomic E-state index is 0.0192. The summed E-state index contributed by atoms with van der Waals surface area (Å²) in [4.78, 5) is 28.8. The third-order valence-electron chi connectivity index (χ3n) is 5.91. The highest BCUT2D eigenvalue weighted by Gasteiger charge is 2.24. The molecule has 0 spiro atoms. The van der Waals surface area contributed by atoms with Crippen LogP contribution in [-0.2, 0) is 15.0 Å². The molecule has 35 heavy (non-hydrogen) atoms. The van der Waals surface area contributed by atoms with Crippen LogP contribution >= 0.6 is 11.8 Å². The molecule has 1 heterocycles. The lowest BCUT2D eigenvalue weighted by Crippen LogP contribution is -2.43. The molecule has 3 rings (SSSR count). The Morgan fingerprint density at radius 1 is 1.06 bits per heavy atom. The molecule has 2 amide bonds. The van der Waals surface area contributed by atoms with Crippen molar-refractivity contribution in [3.8, 4) is 5.69 Å². The van der Waals surface area contributed by atoms with Crippen molar-refractivity contribution in [3.05, 3.63) is 71.4 Å². The molecular weight excluding hydrogens is 456 g/mol. The summed E-state index contributed by atoms with van der Waals surface area (Å²) in [5, 5.41) is 7.86. The Labute approximate surface area is 213 Å². The molecule has 0 atom stereocenters. The van der Waals surface area contributed by atoms with E-state index in [0.717, 1.165) is 27.4 Å². The van der Waals surface area contributed by atoms with Crippen LogP contribution in [0.4, 0.5) is 5.82 Å². The summed E-state index contributed by atoms with van der Waals surface area (Å²) in [5.74, 6) is 0.568. The van der Waals surface area contributed by atoms with E-state index in [1.54, 1.807) is 9.58 Å². The predicted molar refractivity (Wildman–Crippen MR) is 144 cm³/mol. The van der Waals surface area contributed by atoms with Crippen molar-refractivity contribution in [1.82, 2.24) is 14.7 Å². The Morgan fingerprint density at radius 2 is 1.74 bits per heavy atom. The minimum atomic E-state index is -0.247. The first-order valence-corrected chi connectivity index (χ1v) is 12.9. The number of hydrogen-bond acceptors (Lipinski definition) is 4. The molecule has 0 bridgehead atoms. The van der Waals surface area contributed by atoms with Gasteiger partial charge in [0.25, 0.3) is 0 Å². The van der Waals surface area contributed by atoms with Crippen LogP contribution in [0.2, 0.25) is 0 Å². The zero-order chi connectivity index (χ0) is 25.8. The zero-order valence-corrected chi connectivity index (χ0v) is 22.6. The topological polar surface area (TPSA) is 67.2 Å². The molecule has 0 unspecified atom stereocenters. The predicted octanol–water partition coefficient (Wildman–Crippen LogP) is 5.75. The molecular formula is C28H36N4O2S. The average molecular weight is 493 g/mol. The summed E-state index contributed by atoms with van der Waals surface area (Å²) in [6.45, 7) is 14.2. The van der Waals surface area contributed by atoms with Crippen molar-refractivity contribution in [3.63, 3.8) is 0 Å². The van der Waals surface area contributed by atoms with Crippen molar-refractivity contribution in [2.75, 3.05) is 17.6 Å². The summed E-state index contributed by atoms with van der Waals surface area (Å²) in [7, 11) is 0. The molecule has 7 heteroatoms. The highest BCUT2D eigenvalue weighted by atomic mass is 32.2. The molecule has 0 saturated carbocycles. The molecule has 2 aromatic carbocycles. The van der Waals surface area contributed by atoms with Gasteiger partial charge in [-0.1, -0.05) is 51.1 Å². The van der Waals surface area contributed by atoms with Gasteiger partial charge in [-0.05, 0) is 57.0 Å². The molecule has 0 saturated heterocycles. The number of aryl methyl sites for hydroxylation is 1. The Kier molecular flexibility index (Phi) is 8.43. The van der Waals surface area contributed by atoms with Crippen LogP contribution in [0.1, 0.15) is 51.4 Å². The maximum atomic E-state index is 13.1. The van der Waals surface area contributed by atoms with E-state index >= 15 is 0 Å². The second-order valence-electron chi connectivity index (χ2n) is 10.1. The second-order valence-corrected chi connectivity index (χ2v) is 11.1. The molecule has 0 radical (unpaired) electrons. The summed E-state index contributed by atoms with van der Waals surface area (Å²) in [5.41, 5.74) is 3.87. The minimum Gasteiger partial charge on any atom is -0.330 e. The van der Waals surface area contributed by atoms with Gasteiger partial charge in [-0.3, -0.25) is 9.59 Å². The third kappa shape index (κ3) is 6.75. The number of amides is 2. The number of carbonyl (C=O) groups is 2. The van der Waals surface area contributed by atoms with Gasteiger partial charge in [0, 0.05) is 22.4 Å². The van der Waals surface area contributed by atoms with Crippen molar-refractivity contribution >= 4 is 29.4 Å². The van der Waals surface area contributed by atoms with E-state index in [2.05, 4.69) is 46.0 Å². The fraction of sp³-hybridized carbons (Fsp3) is 0.393. The monoisotopic (exact) mass is 492 g/mol. The van der Waals surface area contributed by atoms with E-state index in [1.165, 1.54) is 11.8 Å². The number of thioether (sulfide) groups is 1. The van der Waals surface area contributed by atoms with Crippen LogP contribution in [0, 0.1) is 13.8 Å². The maximum Gasteiger partial charge on any atom is 0.245 e. The first kappa shape index (κ1) is 26.5. The molecule has 0 fully saturated rings. The number of aromatic nitrogens is 2. The van der Waals surface area contributed by atoms with Crippen LogP contribution in [0.15, 0.2) is 59.5 Å². The smallest absolute Gasteiger partial charge is 0.245 e. The summed E-state index contributed by atoms with van der Waals surface area (Å²) < 4.78 is 1.80. The van der Waals surface area contributed by atoms with Crippen molar-refractivity contribution < 1.29 is 9.59 Å². The Hall–Kier alpha value is -3.06. The molecule has 6 nitrogen and oxygen atoms in total. The highest BCUT2D eigenvalue weighted by molar-refractivity contribution is 8.00. The van der Waals surface area contributed by atoms with Gasteiger partial charge in [0.15, 0.2) is 0 Å². The van der Waals surface area contributed by atoms with Crippen LogP contribution < -0.4 is 5.32 Å². The summed E-state index contributed by atoms with van der Waals surface area (Å²) >= 11 is 1.48. The van der Waals surface area contributed by atoms with Crippen molar-refractivity contribution in [1.29, 1.82) is 0 Å². The molecule has 3 aromatic rings. The molecule has 0 aliphatic carbocycles. The standard InChI is InChI=1S/C28H36N4O2S/c1-19(2)31(27(34)18-35-22-13-9-8-10-14-22)17-26(33)29-25-16-24(28(5,6)7)30-32(25)23-15-11-12-20(3)21(23)4/h8-16,19H,17-18H2,1-7H3,(H,29,33). The van der Waals surface area contributed by atoms with Gasteiger partial charge in [0.05, 0.1) is 17.1 Å². The van der Waals surface area contributed by atoms with Crippen molar-refractivity contribution in [2.45, 2.75) is 64.8 Å². The van der Waals surface area contributed by atoms with Crippen LogP contribution in [0.25, 0.3) is 5.69 Å². The fourth-order valence-electron chi connectivity index (χ4n) is 3.63. The van der Waals surface area contributed by atoms with Gasteiger partial charge in [0.2, 0.25) is 11.8 Å². The third-order valence-corrected chi connectivity index (χ3v) is 6.91. The fourth-order valence-corrected chi connectivity index (χ4v) is 4.43. The Bertz CT molecular complexity index is 1180. The number of hydrogen-bond donors (Lipinski definition) is 1. The average Bonchev–Trinajstić information content (AvgIpc) is 3.22. The quantitative estimate of drug-likeness (QED) is 0.406. The number of benzene rings is 2. The van der Waals surface area contributed by atoms with E-state index in [9.17, 15) is 9.59 Å². The number of anilines is 1. The summed E-state index contributed by atoms with van der Waals surface area (Å²) in [6.07, 6.45) is 0. The lowest BCUT2D eigenvalue weighted by Gasteiger charge is -2.26. The number of carbonyl (C=O) groups excluding carboxylic acids is 2. The first-order valence-electron chi connectivity index (χ1n) is 11.9. The number of rotatable bonds is 8. The van der Waals surface area contributed by atoms with E-state index < -0.39 is 0 Å². The SMILES string of the molecule is Cc1cccc(-n2nc(C(C)(C)C)cc2NC(=O)CN(C(=O)CSc2ccccc2)C(C)C)c1C. The number of nitrogens with zero attached hydrogens (tertiary/aromatic N) is 3. The Balaban J connectivity index is 1.80. The van der Waals surface area contributed by atoms with E-state index in [1.807, 2.05) is 62.4 Å². The van der Waals surface area contributed by atoms with Gasteiger partial charge >= 0.3 is 0 Å². The van der Waals surface area contributed by atoms with Gasteiger partial charge in [-0.25, -0.2) is 4.68 Å². The molecule has 1 aromatic heterocycles. The molecule has 0 aliphatic rings. The molecule has 186 valence electrons. The van der Waals surface area contributed by atoms with Gasteiger partial charge < -0.3 is 10.2 Å². The largest absolute Gasteiger partial charge is 0.330 e. The lowest BCUT2D eigenvalue weighted by atomic mass is 9.92. The number of nitrogens with one attached hydrogen (secondary N) is 1. The van der Waals surface area contributed by atoms with E-state index in [-0.39, 0.29) is 35.6 Å². The first-order chi connectivity index (χ1) is 16.5. The summed E-state index contributed by atoms with van der Waals surface area (Å²) in [6, 6.07) is 17.7. The highest BCUT2D eigenvalue weighted by Crippen LogP contribution is 2.28. The van der Waals surface area contributed by atoms with Crippen LogP contribution in [-0.4, -0.2) is 44.8 Å². The lowest BCUT2D eigenvalue weighted by molar-refractivity contribution is -0.134. The van der Waals surface area contributed by atoms with Crippen LogP contribution in [0.5, 0.6) is 0 Å². The Morgan fingerprint density at radius 3 is 2.37 bits per heavy atom. The normalized spacial score (nSPS) is 11.5. The molecule has 1 N–H and O–H groups in total. The second kappa shape index (κ2) is 11.1.